The molecular weight excluding hydrogens is 442 g/mol. The monoisotopic (exact) mass is 467 g/mol. The molecule has 1 amide bonds. The third-order valence-electron chi connectivity index (χ3n) is 5.43. The van der Waals surface area contributed by atoms with Crippen LogP contribution in [0.3, 0.4) is 0 Å². The summed E-state index contributed by atoms with van der Waals surface area (Å²) in [5, 5.41) is 10.1. The summed E-state index contributed by atoms with van der Waals surface area (Å²) in [6, 6.07) is 18.8. The molecule has 0 aliphatic carbocycles. The maximum absolute atomic E-state index is 12.5. The van der Waals surface area contributed by atoms with E-state index < -0.39 is 22.2 Å². The first kappa shape index (κ1) is 22.9. The van der Waals surface area contributed by atoms with Crippen LogP contribution in [0, 0.1) is 0 Å². The van der Waals surface area contributed by atoms with Gasteiger partial charge in [0.15, 0.2) is 0 Å². The molecule has 33 heavy (non-hydrogen) atoms. The highest BCUT2D eigenvalue weighted by Gasteiger charge is 2.37. The Labute approximate surface area is 192 Å². The molecule has 172 valence electrons. The first-order valence-electron chi connectivity index (χ1n) is 10.5. The van der Waals surface area contributed by atoms with Gasteiger partial charge in [-0.1, -0.05) is 48.5 Å². The number of pyridine rings is 1. The fraction of sp³-hybridized carbons (Fsp3) is 0.250. The van der Waals surface area contributed by atoms with E-state index in [1.165, 1.54) is 0 Å². The standard InChI is InChI=1S/C24H25N3O5S/c28-15-22-24(32-16-23(29)27(22)14-19-7-4-12-25-13-19)20-8-10-21(11-9-20)26-33(30,31)17-18-5-2-1-3-6-18/h1-13,22,24,26,28H,14-17H2/t22-,24-/m1/s1. The Kier molecular flexibility index (Phi) is 7.02. The van der Waals surface area contributed by atoms with Gasteiger partial charge in [0.1, 0.15) is 12.7 Å². The largest absolute Gasteiger partial charge is 0.394 e. The Morgan fingerprint density at radius 1 is 1.03 bits per heavy atom. The van der Waals surface area contributed by atoms with Crippen LogP contribution >= 0.6 is 0 Å². The molecule has 1 saturated heterocycles. The summed E-state index contributed by atoms with van der Waals surface area (Å²) in [5.41, 5.74) is 2.72. The number of aromatic nitrogens is 1. The van der Waals surface area contributed by atoms with Crippen LogP contribution in [0.1, 0.15) is 22.8 Å². The molecule has 1 aliphatic heterocycles. The number of amides is 1. The average molecular weight is 468 g/mol. The molecule has 2 heterocycles. The molecule has 2 aromatic carbocycles. The van der Waals surface area contributed by atoms with Gasteiger partial charge in [-0.2, -0.15) is 0 Å². The Bertz CT molecular complexity index is 1170. The topological polar surface area (TPSA) is 109 Å². The number of anilines is 1. The number of morpholine rings is 1. The van der Waals surface area contributed by atoms with E-state index in [-0.39, 0.29) is 24.9 Å². The van der Waals surface area contributed by atoms with Crippen LogP contribution in [-0.4, -0.2) is 48.6 Å². The van der Waals surface area contributed by atoms with Gasteiger partial charge in [0.2, 0.25) is 15.9 Å². The van der Waals surface area contributed by atoms with Crippen molar-refractivity contribution in [3.63, 3.8) is 0 Å². The second kappa shape index (κ2) is 10.1. The van der Waals surface area contributed by atoms with Crippen LogP contribution in [0.15, 0.2) is 79.1 Å². The number of aliphatic hydroxyl groups excluding tert-OH is 1. The summed E-state index contributed by atoms with van der Waals surface area (Å²) in [4.78, 5) is 18.2. The molecule has 0 spiro atoms. The number of rotatable bonds is 8. The predicted octanol–water partition coefficient (Wildman–Crippen LogP) is 2.48. The zero-order valence-corrected chi connectivity index (χ0v) is 18.7. The summed E-state index contributed by atoms with van der Waals surface area (Å²) >= 11 is 0. The maximum atomic E-state index is 12.5. The fourth-order valence-corrected chi connectivity index (χ4v) is 5.06. The predicted molar refractivity (Wildman–Crippen MR) is 123 cm³/mol. The number of nitrogens with zero attached hydrogens (tertiary/aromatic N) is 2. The van der Waals surface area contributed by atoms with Crippen LogP contribution in [-0.2, 0) is 31.9 Å². The van der Waals surface area contributed by atoms with E-state index in [0.717, 1.165) is 11.1 Å². The number of hydrogen-bond donors (Lipinski definition) is 2. The van der Waals surface area contributed by atoms with Crippen molar-refractivity contribution in [1.29, 1.82) is 0 Å². The van der Waals surface area contributed by atoms with Crippen molar-refractivity contribution in [3.05, 3.63) is 95.8 Å². The second-order valence-electron chi connectivity index (χ2n) is 7.83. The Morgan fingerprint density at radius 3 is 2.42 bits per heavy atom. The zero-order valence-electron chi connectivity index (χ0n) is 17.9. The number of ether oxygens (including phenoxy) is 1. The summed E-state index contributed by atoms with van der Waals surface area (Å²) in [6.07, 6.45) is 2.80. The Hall–Kier alpha value is -3.27. The lowest BCUT2D eigenvalue weighted by Gasteiger charge is -2.40. The molecule has 0 bridgehead atoms. The third-order valence-corrected chi connectivity index (χ3v) is 6.69. The molecular formula is C24H25N3O5S. The van der Waals surface area contributed by atoms with Crippen molar-refractivity contribution in [2.75, 3.05) is 17.9 Å². The molecule has 8 nitrogen and oxygen atoms in total. The van der Waals surface area contributed by atoms with Gasteiger partial charge < -0.3 is 14.7 Å². The van der Waals surface area contributed by atoms with Gasteiger partial charge in [0.05, 0.1) is 18.4 Å². The summed E-state index contributed by atoms with van der Waals surface area (Å²) in [6.45, 7) is -0.0653. The van der Waals surface area contributed by atoms with Gasteiger partial charge in [-0.3, -0.25) is 14.5 Å². The molecule has 1 fully saturated rings. The molecule has 4 rings (SSSR count). The summed E-state index contributed by atoms with van der Waals surface area (Å²) in [7, 11) is -3.57. The van der Waals surface area contributed by atoms with E-state index in [2.05, 4.69) is 9.71 Å². The van der Waals surface area contributed by atoms with Gasteiger partial charge in [-0.05, 0) is 34.9 Å². The van der Waals surface area contributed by atoms with E-state index in [4.69, 9.17) is 4.74 Å². The quantitative estimate of drug-likeness (QED) is 0.527. The van der Waals surface area contributed by atoms with Crippen LogP contribution in [0.5, 0.6) is 0 Å². The normalized spacial score (nSPS) is 18.8. The van der Waals surface area contributed by atoms with Gasteiger partial charge >= 0.3 is 0 Å². The number of sulfonamides is 1. The number of benzene rings is 2. The Balaban J connectivity index is 1.47. The second-order valence-corrected chi connectivity index (χ2v) is 9.56. The highest BCUT2D eigenvalue weighted by molar-refractivity contribution is 7.91. The number of hydrogen-bond acceptors (Lipinski definition) is 6. The van der Waals surface area contributed by atoms with Gasteiger partial charge in [0, 0.05) is 24.6 Å². The number of carbonyl (C=O) groups is 1. The number of carbonyl (C=O) groups excluding carboxylic acids is 1. The lowest BCUT2D eigenvalue weighted by Crippen LogP contribution is -2.52. The van der Waals surface area contributed by atoms with Crippen LogP contribution in [0.2, 0.25) is 0 Å². The van der Waals surface area contributed by atoms with Crippen LogP contribution in [0.4, 0.5) is 5.69 Å². The van der Waals surface area contributed by atoms with Crippen molar-refractivity contribution < 1.29 is 23.1 Å². The number of aliphatic hydroxyl groups is 1. The first-order valence-corrected chi connectivity index (χ1v) is 12.2. The van der Waals surface area contributed by atoms with Gasteiger partial charge in [-0.25, -0.2) is 8.42 Å². The molecule has 2 atom stereocenters. The maximum Gasteiger partial charge on any atom is 0.249 e. The van der Waals surface area contributed by atoms with E-state index >= 15 is 0 Å². The zero-order chi connectivity index (χ0) is 23.3. The highest BCUT2D eigenvalue weighted by Crippen LogP contribution is 2.31. The molecule has 3 aromatic rings. The van der Waals surface area contributed by atoms with E-state index in [1.807, 2.05) is 12.1 Å². The molecule has 0 unspecified atom stereocenters. The van der Waals surface area contributed by atoms with E-state index in [9.17, 15) is 18.3 Å². The van der Waals surface area contributed by atoms with Gasteiger partial charge in [0.25, 0.3) is 0 Å². The minimum Gasteiger partial charge on any atom is -0.394 e. The molecule has 0 radical (unpaired) electrons. The van der Waals surface area contributed by atoms with Gasteiger partial charge in [-0.15, -0.1) is 0 Å². The van der Waals surface area contributed by atoms with Crippen molar-refractivity contribution >= 4 is 21.6 Å². The minimum atomic E-state index is -3.57. The molecule has 0 saturated carbocycles. The van der Waals surface area contributed by atoms with Crippen LogP contribution < -0.4 is 4.72 Å². The Morgan fingerprint density at radius 2 is 1.76 bits per heavy atom. The lowest BCUT2D eigenvalue weighted by atomic mass is 9.98. The van der Waals surface area contributed by atoms with Crippen molar-refractivity contribution in [1.82, 2.24) is 9.88 Å². The van der Waals surface area contributed by atoms with E-state index in [1.54, 1.807) is 71.9 Å². The average Bonchev–Trinajstić information content (AvgIpc) is 2.81. The van der Waals surface area contributed by atoms with E-state index in [0.29, 0.717) is 17.8 Å². The third kappa shape index (κ3) is 5.75. The summed E-state index contributed by atoms with van der Waals surface area (Å²) < 4.78 is 33.3. The van der Waals surface area contributed by atoms with Crippen molar-refractivity contribution in [2.45, 2.75) is 24.4 Å². The molecule has 1 aromatic heterocycles. The van der Waals surface area contributed by atoms with Crippen molar-refractivity contribution in [3.8, 4) is 0 Å². The molecule has 1 aliphatic rings. The highest BCUT2D eigenvalue weighted by atomic mass is 32.2. The fourth-order valence-electron chi connectivity index (χ4n) is 3.86. The summed E-state index contributed by atoms with van der Waals surface area (Å²) in [5.74, 6) is -0.335. The SMILES string of the molecule is O=C1CO[C@H](c2ccc(NS(=O)(=O)Cc3ccccc3)cc2)[C@@H](CO)N1Cc1cccnc1. The number of nitrogens with one attached hydrogen (secondary N) is 1. The molecule has 9 heteroatoms. The van der Waals surface area contributed by atoms with Crippen molar-refractivity contribution in [2.24, 2.45) is 0 Å². The molecule has 2 N–H and O–H groups in total. The van der Waals surface area contributed by atoms with Crippen LogP contribution in [0.25, 0.3) is 0 Å². The lowest BCUT2D eigenvalue weighted by molar-refractivity contribution is -0.162. The first-order chi connectivity index (χ1) is 15.9. The minimum absolute atomic E-state index is 0.104. The smallest absolute Gasteiger partial charge is 0.249 e.